The molecule has 2 aromatic heterocycles. The lowest BCUT2D eigenvalue weighted by Gasteiger charge is -2.09. The lowest BCUT2D eigenvalue weighted by Crippen LogP contribution is -2.21. The molecule has 0 aliphatic carbocycles. The number of aryl methyl sites for hydroxylation is 1. The highest BCUT2D eigenvalue weighted by Crippen LogP contribution is 2.22. The molecule has 1 aliphatic heterocycles. The Hall–Kier alpha value is -1.40. The summed E-state index contributed by atoms with van der Waals surface area (Å²) in [5.74, 6) is 1.32. The first-order valence-corrected chi connectivity index (χ1v) is 7.78. The molecule has 7 heteroatoms. The number of nitrogens with zero attached hydrogens (tertiary/aromatic N) is 4. The Morgan fingerprint density at radius 3 is 2.95 bits per heavy atom. The molecule has 0 unspecified atom stereocenters. The summed E-state index contributed by atoms with van der Waals surface area (Å²) in [7, 11) is 0. The molecule has 0 bridgehead atoms. The average Bonchev–Trinajstić information content (AvgIpc) is 2.89. The molecule has 3 rings (SSSR count). The molecule has 114 valence electrons. The molecule has 0 radical (unpaired) electrons. The highest BCUT2D eigenvalue weighted by atomic mass is 35.5. The zero-order valence-electron chi connectivity index (χ0n) is 12.4. The van der Waals surface area contributed by atoms with Crippen LogP contribution in [0.25, 0.3) is 0 Å². The zero-order valence-corrected chi connectivity index (χ0v) is 13.2. The Balaban J connectivity index is 1.73. The summed E-state index contributed by atoms with van der Waals surface area (Å²) in [4.78, 5) is 4.51. The highest BCUT2D eigenvalue weighted by molar-refractivity contribution is 6.31. The van der Waals surface area contributed by atoms with E-state index in [1.54, 1.807) is 4.68 Å². The normalized spacial score (nSPS) is 19.7. The molecule has 0 saturated carbocycles. The maximum absolute atomic E-state index is 6.15. The van der Waals surface area contributed by atoms with Crippen molar-refractivity contribution in [1.82, 2.24) is 25.2 Å². The van der Waals surface area contributed by atoms with Crippen molar-refractivity contribution < 1.29 is 4.52 Å². The molecule has 0 spiro atoms. The fourth-order valence-corrected chi connectivity index (χ4v) is 2.82. The maximum Gasteiger partial charge on any atom is 0.248 e. The van der Waals surface area contributed by atoms with Gasteiger partial charge < -0.3 is 9.84 Å². The van der Waals surface area contributed by atoms with Crippen LogP contribution in [0.4, 0.5) is 0 Å². The third-order valence-corrected chi connectivity index (χ3v) is 4.48. The number of nitrogens with one attached hydrogen (secondary N) is 1. The van der Waals surface area contributed by atoms with E-state index in [0.717, 1.165) is 30.2 Å². The van der Waals surface area contributed by atoms with Crippen molar-refractivity contribution in [2.45, 2.75) is 52.1 Å². The monoisotopic (exact) mass is 309 g/mol. The van der Waals surface area contributed by atoms with E-state index in [-0.39, 0.29) is 6.04 Å². The van der Waals surface area contributed by atoms with Crippen LogP contribution < -0.4 is 5.32 Å². The third kappa shape index (κ3) is 3.11. The molecule has 0 aromatic carbocycles. The molecular formula is C14H20ClN5O. The second-order valence-electron chi connectivity index (χ2n) is 5.54. The van der Waals surface area contributed by atoms with Crippen LogP contribution in [0, 0.1) is 13.8 Å². The summed E-state index contributed by atoms with van der Waals surface area (Å²) in [6.07, 6.45) is 4.74. The van der Waals surface area contributed by atoms with Gasteiger partial charge in [0.1, 0.15) is 6.54 Å². The van der Waals surface area contributed by atoms with E-state index in [9.17, 15) is 0 Å². The topological polar surface area (TPSA) is 68.8 Å². The van der Waals surface area contributed by atoms with Crippen LogP contribution in [0.1, 0.15) is 54.8 Å². The van der Waals surface area contributed by atoms with Gasteiger partial charge in [0.25, 0.3) is 0 Å². The predicted molar refractivity (Wildman–Crippen MR) is 79.3 cm³/mol. The molecule has 6 nitrogen and oxygen atoms in total. The van der Waals surface area contributed by atoms with Crippen molar-refractivity contribution in [1.29, 1.82) is 0 Å². The minimum Gasteiger partial charge on any atom is -0.337 e. The predicted octanol–water partition coefficient (Wildman–Crippen LogP) is 2.79. The molecule has 2 aromatic rings. The third-order valence-electron chi connectivity index (χ3n) is 3.93. The fourth-order valence-electron chi connectivity index (χ4n) is 2.68. The highest BCUT2D eigenvalue weighted by Gasteiger charge is 2.20. The molecule has 21 heavy (non-hydrogen) atoms. The smallest absolute Gasteiger partial charge is 0.248 e. The minimum atomic E-state index is 0.203. The van der Waals surface area contributed by atoms with Gasteiger partial charge in [-0.15, -0.1) is 0 Å². The molecule has 1 atom stereocenters. The van der Waals surface area contributed by atoms with Gasteiger partial charge in [-0.2, -0.15) is 10.1 Å². The van der Waals surface area contributed by atoms with Crippen LogP contribution >= 0.6 is 11.6 Å². The Labute approximate surface area is 128 Å². The Morgan fingerprint density at radius 2 is 2.19 bits per heavy atom. The lowest BCUT2D eigenvalue weighted by atomic mass is 10.1. The van der Waals surface area contributed by atoms with Gasteiger partial charge in [-0.1, -0.05) is 29.6 Å². The first-order valence-electron chi connectivity index (χ1n) is 7.40. The molecule has 1 saturated heterocycles. The summed E-state index contributed by atoms with van der Waals surface area (Å²) in [6.45, 7) is 5.30. The average molecular weight is 310 g/mol. The van der Waals surface area contributed by atoms with Crippen LogP contribution in [-0.4, -0.2) is 26.5 Å². The molecular weight excluding hydrogens is 290 g/mol. The van der Waals surface area contributed by atoms with E-state index >= 15 is 0 Å². The van der Waals surface area contributed by atoms with Crippen LogP contribution in [0.2, 0.25) is 5.02 Å². The van der Waals surface area contributed by atoms with Gasteiger partial charge >= 0.3 is 0 Å². The zero-order chi connectivity index (χ0) is 14.8. The van der Waals surface area contributed by atoms with Crippen molar-refractivity contribution in [3.63, 3.8) is 0 Å². The van der Waals surface area contributed by atoms with Crippen molar-refractivity contribution in [3.05, 3.63) is 28.1 Å². The van der Waals surface area contributed by atoms with E-state index in [1.165, 1.54) is 19.3 Å². The molecule has 1 aliphatic rings. The summed E-state index contributed by atoms with van der Waals surface area (Å²) < 4.78 is 7.16. The van der Waals surface area contributed by atoms with Crippen LogP contribution in [0.3, 0.4) is 0 Å². The second-order valence-corrected chi connectivity index (χ2v) is 5.92. The van der Waals surface area contributed by atoms with Gasteiger partial charge in [-0.05, 0) is 33.2 Å². The fraction of sp³-hybridized carbons (Fsp3) is 0.643. The van der Waals surface area contributed by atoms with Crippen molar-refractivity contribution in [3.8, 4) is 0 Å². The van der Waals surface area contributed by atoms with Crippen molar-refractivity contribution in [2.24, 2.45) is 0 Å². The Morgan fingerprint density at radius 1 is 1.33 bits per heavy atom. The molecule has 1 N–H and O–H groups in total. The van der Waals surface area contributed by atoms with Crippen molar-refractivity contribution in [2.75, 3.05) is 6.54 Å². The quantitative estimate of drug-likeness (QED) is 0.944. The first kappa shape index (κ1) is 14.5. The standard InChI is InChI=1S/C14H20ClN5O/c1-9-13(15)10(2)20(18-9)8-12-17-14(19-21-12)11-6-4-3-5-7-16-11/h11,16H,3-8H2,1-2H3/t11-/m0/s1. The van der Waals surface area contributed by atoms with E-state index in [1.807, 2.05) is 13.8 Å². The Kier molecular flexibility index (Phi) is 4.26. The number of hydrogen-bond donors (Lipinski definition) is 1. The van der Waals surface area contributed by atoms with Gasteiger partial charge in [0.2, 0.25) is 5.89 Å². The minimum absolute atomic E-state index is 0.203. The van der Waals surface area contributed by atoms with Crippen LogP contribution in [0.15, 0.2) is 4.52 Å². The second kappa shape index (κ2) is 6.15. The van der Waals surface area contributed by atoms with E-state index in [2.05, 4.69) is 20.6 Å². The van der Waals surface area contributed by atoms with Crippen LogP contribution in [-0.2, 0) is 6.54 Å². The number of aromatic nitrogens is 4. The SMILES string of the molecule is Cc1nn(Cc2nc([C@@H]3CCCCCN3)no2)c(C)c1Cl. The summed E-state index contributed by atoms with van der Waals surface area (Å²) in [6, 6.07) is 0.203. The first-order chi connectivity index (χ1) is 10.1. The van der Waals surface area contributed by atoms with Gasteiger partial charge in [-0.25, -0.2) is 0 Å². The van der Waals surface area contributed by atoms with E-state index in [0.29, 0.717) is 17.5 Å². The van der Waals surface area contributed by atoms with E-state index < -0.39 is 0 Å². The van der Waals surface area contributed by atoms with Gasteiger partial charge in [0, 0.05) is 0 Å². The molecule has 0 amide bonds. The molecule has 3 heterocycles. The summed E-state index contributed by atoms with van der Waals surface area (Å²) in [5.41, 5.74) is 1.74. The van der Waals surface area contributed by atoms with Gasteiger partial charge in [0.05, 0.1) is 22.5 Å². The molecule has 1 fully saturated rings. The summed E-state index contributed by atoms with van der Waals surface area (Å²) >= 11 is 6.15. The maximum atomic E-state index is 6.15. The number of rotatable bonds is 3. The van der Waals surface area contributed by atoms with E-state index in [4.69, 9.17) is 16.1 Å². The summed E-state index contributed by atoms with van der Waals surface area (Å²) in [5, 5.41) is 12.7. The van der Waals surface area contributed by atoms with Crippen molar-refractivity contribution >= 4 is 11.6 Å². The lowest BCUT2D eigenvalue weighted by molar-refractivity contribution is 0.353. The van der Waals surface area contributed by atoms with Gasteiger partial charge in [0.15, 0.2) is 5.82 Å². The number of hydrogen-bond acceptors (Lipinski definition) is 5. The van der Waals surface area contributed by atoms with Crippen LogP contribution in [0.5, 0.6) is 0 Å². The largest absolute Gasteiger partial charge is 0.337 e. The van der Waals surface area contributed by atoms with Gasteiger partial charge in [-0.3, -0.25) is 4.68 Å². The number of halogens is 1. The Bertz CT molecular complexity index is 613.